The van der Waals surface area contributed by atoms with Crippen LogP contribution in [0.2, 0.25) is 0 Å². The highest BCUT2D eigenvalue weighted by molar-refractivity contribution is 5.34. The van der Waals surface area contributed by atoms with E-state index in [0.29, 0.717) is 6.04 Å². The van der Waals surface area contributed by atoms with Crippen molar-refractivity contribution in [1.29, 1.82) is 0 Å². The van der Waals surface area contributed by atoms with E-state index < -0.39 is 0 Å². The monoisotopic (exact) mass is 355 g/mol. The van der Waals surface area contributed by atoms with E-state index in [9.17, 15) is 0 Å². The first kappa shape index (κ1) is 21.2. The SMILES string of the molecule is CCCCCCC=CCCCCCCCCNC1CCc2ccccc21. The molecule has 0 bridgehead atoms. The van der Waals surface area contributed by atoms with Crippen LogP contribution >= 0.6 is 0 Å². The third-order valence-electron chi connectivity index (χ3n) is 5.71. The summed E-state index contributed by atoms with van der Waals surface area (Å²) in [6, 6.07) is 9.56. The van der Waals surface area contributed by atoms with Gasteiger partial charge in [0.15, 0.2) is 0 Å². The molecule has 0 aromatic heterocycles. The zero-order chi connectivity index (χ0) is 18.3. The lowest BCUT2D eigenvalue weighted by Gasteiger charge is -2.13. The molecule has 0 saturated heterocycles. The first-order valence-electron chi connectivity index (χ1n) is 11.4. The Labute approximate surface area is 162 Å². The Hall–Kier alpha value is -1.08. The third kappa shape index (κ3) is 8.54. The molecule has 1 N–H and O–H groups in total. The average Bonchev–Trinajstić information content (AvgIpc) is 3.08. The molecule has 0 radical (unpaired) electrons. The number of aryl methyl sites for hydroxylation is 1. The molecule has 26 heavy (non-hydrogen) atoms. The number of benzene rings is 1. The summed E-state index contributed by atoms with van der Waals surface area (Å²) in [4.78, 5) is 0. The fourth-order valence-corrected chi connectivity index (χ4v) is 4.06. The number of rotatable bonds is 15. The molecule has 1 aromatic carbocycles. The van der Waals surface area contributed by atoms with Gasteiger partial charge < -0.3 is 5.32 Å². The summed E-state index contributed by atoms with van der Waals surface area (Å²) in [5, 5.41) is 3.77. The van der Waals surface area contributed by atoms with Gasteiger partial charge in [0, 0.05) is 6.04 Å². The van der Waals surface area contributed by atoms with Crippen molar-refractivity contribution in [3.8, 4) is 0 Å². The van der Waals surface area contributed by atoms with Gasteiger partial charge in [0.25, 0.3) is 0 Å². The lowest BCUT2D eigenvalue weighted by atomic mass is 10.1. The van der Waals surface area contributed by atoms with Gasteiger partial charge in [-0.15, -0.1) is 0 Å². The molecule has 1 nitrogen and oxygen atoms in total. The highest BCUT2D eigenvalue weighted by atomic mass is 14.9. The molecule has 0 fully saturated rings. The fourth-order valence-electron chi connectivity index (χ4n) is 4.06. The van der Waals surface area contributed by atoms with Crippen molar-refractivity contribution in [2.24, 2.45) is 0 Å². The maximum atomic E-state index is 3.77. The topological polar surface area (TPSA) is 12.0 Å². The van der Waals surface area contributed by atoms with Gasteiger partial charge in [0.05, 0.1) is 0 Å². The lowest BCUT2D eigenvalue weighted by molar-refractivity contribution is 0.500. The number of fused-ring (bicyclic) bond motifs is 1. The van der Waals surface area contributed by atoms with Crippen molar-refractivity contribution in [2.75, 3.05) is 6.54 Å². The number of unbranched alkanes of at least 4 members (excludes halogenated alkanes) is 10. The van der Waals surface area contributed by atoms with Gasteiger partial charge in [0.2, 0.25) is 0 Å². The molecule has 1 unspecified atom stereocenters. The third-order valence-corrected chi connectivity index (χ3v) is 5.71. The Morgan fingerprint density at radius 2 is 1.50 bits per heavy atom. The van der Waals surface area contributed by atoms with Crippen molar-refractivity contribution in [2.45, 2.75) is 103 Å². The van der Waals surface area contributed by atoms with Gasteiger partial charge in [-0.1, -0.05) is 88.3 Å². The van der Waals surface area contributed by atoms with Gasteiger partial charge in [-0.3, -0.25) is 0 Å². The predicted molar refractivity (Wildman–Crippen MR) is 116 cm³/mol. The van der Waals surface area contributed by atoms with Gasteiger partial charge >= 0.3 is 0 Å². The van der Waals surface area contributed by atoms with Gasteiger partial charge in [0.1, 0.15) is 0 Å². The molecule has 0 heterocycles. The number of nitrogens with one attached hydrogen (secondary N) is 1. The zero-order valence-corrected chi connectivity index (χ0v) is 17.1. The first-order valence-corrected chi connectivity index (χ1v) is 11.4. The fraction of sp³-hybridized carbons (Fsp3) is 0.680. The molecule has 1 aliphatic carbocycles. The standard InChI is InChI=1S/C25H41N/c1-2-3-4-5-6-7-8-9-10-11-12-13-14-17-22-26-25-21-20-23-18-15-16-19-24(23)25/h7-8,15-16,18-19,25-26H,2-6,9-14,17,20-22H2,1H3. The molecule has 1 heteroatoms. The molecule has 0 aliphatic heterocycles. The van der Waals surface area contributed by atoms with Gasteiger partial charge in [-0.05, 0) is 62.6 Å². The van der Waals surface area contributed by atoms with Crippen LogP contribution in [-0.4, -0.2) is 6.54 Å². The minimum absolute atomic E-state index is 0.611. The number of allylic oxidation sites excluding steroid dienone is 2. The number of hydrogen-bond acceptors (Lipinski definition) is 1. The Morgan fingerprint density at radius 1 is 0.846 bits per heavy atom. The van der Waals surface area contributed by atoms with Crippen molar-refractivity contribution in [1.82, 2.24) is 5.32 Å². The van der Waals surface area contributed by atoms with Crippen LogP contribution in [-0.2, 0) is 6.42 Å². The second kappa shape index (κ2) is 14.0. The van der Waals surface area contributed by atoms with Crippen molar-refractivity contribution in [3.05, 3.63) is 47.5 Å². The van der Waals surface area contributed by atoms with Gasteiger partial charge in [-0.2, -0.15) is 0 Å². The van der Waals surface area contributed by atoms with Crippen LogP contribution in [0.1, 0.15) is 108 Å². The average molecular weight is 356 g/mol. The van der Waals surface area contributed by atoms with E-state index in [1.807, 2.05) is 0 Å². The summed E-state index contributed by atoms with van der Waals surface area (Å²) >= 11 is 0. The summed E-state index contributed by atoms with van der Waals surface area (Å²) in [6.45, 7) is 3.46. The second-order valence-corrected chi connectivity index (χ2v) is 7.97. The molecule has 1 atom stereocenters. The highest BCUT2D eigenvalue weighted by Crippen LogP contribution is 2.30. The summed E-state index contributed by atoms with van der Waals surface area (Å²) in [5.41, 5.74) is 3.10. The van der Waals surface area contributed by atoms with E-state index in [0.717, 1.165) is 0 Å². The maximum Gasteiger partial charge on any atom is 0.0326 e. The van der Waals surface area contributed by atoms with E-state index in [1.54, 1.807) is 11.1 Å². The summed E-state index contributed by atoms with van der Waals surface area (Å²) in [5.74, 6) is 0. The molecule has 1 aliphatic rings. The summed E-state index contributed by atoms with van der Waals surface area (Å²) in [6.07, 6.45) is 23.8. The van der Waals surface area contributed by atoms with Crippen LogP contribution in [0.25, 0.3) is 0 Å². The normalized spacial score (nSPS) is 16.4. The molecule has 0 spiro atoms. The predicted octanol–water partition coefficient (Wildman–Crippen LogP) is 7.52. The molecular weight excluding hydrogens is 314 g/mol. The van der Waals surface area contributed by atoms with E-state index in [4.69, 9.17) is 0 Å². The van der Waals surface area contributed by atoms with E-state index in [-0.39, 0.29) is 0 Å². The van der Waals surface area contributed by atoms with Crippen molar-refractivity contribution < 1.29 is 0 Å². The van der Waals surface area contributed by atoms with Crippen molar-refractivity contribution in [3.63, 3.8) is 0 Å². The highest BCUT2D eigenvalue weighted by Gasteiger charge is 2.20. The van der Waals surface area contributed by atoms with Crippen LogP contribution in [0.15, 0.2) is 36.4 Å². The van der Waals surface area contributed by atoms with Gasteiger partial charge in [-0.25, -0.2) is 0 Å². The molecular formula is C25H41N. The van der Waals surface area contributed by atoms with Crippen LogP contribution < -0.4 is 5.32 Å². The summed E-state index contributed by atoms with van der Waals surface area (Å²) in [7, 11) is 0. The van der Waals surface area contributed by atoms with E-state index in [2.05, 4.69) is 48.7 Å². The minimum Gasteiger partial charge on any atom is -0.310 e. The largest absolute Gasteiger partial charge is 0.310 e. The molecule has 0 saturated carbocycles. The Morgan fingerprint density at radius 3 is 2.27 bits per heavy atom. The molecule has 2 rings (SSSR count). The Balaban J connectivity index is 1.35. The van der Waals surface area contributed by atoms with Crippen LogP contribution in [0.4, 0.5) is 0 Å². The second-order valence-electron chi connectivity index (χ2n) is 7.97. The maximum absolute atomic E-state index is 3.77. The van der Waals surface area contributed by atoms with Crippen LogP contribution in [0, 0.1) is 0 Å². The van der Waals surface area contributed by atoms with E-state index in [1.165, 1.54) is 96.4 Å². The Kier molecular flexibility index (Phi) is 11.5. The summed E-state index contributed by atoms with van der Waals surface area (Å²) < 4.78 is 0. The zero-order valence-electron chi connectivity index (χ0n) is 17.1. The smallest absolute Gasteiger partial charge is 0.0326 e. The lowest BCUT2D eigenvalue weighted by Crippen LogP contribution is -2.20. The van der Waals surface area contributed by atoms with Crippen LogP contribution in [0.5, 0.6) is 0 Å². The number of hydrogen-bond donors (Lipinski definition) is 1. The molecule has 1 aromatic rings. The van der Waals surface area contributed by atoms with Crippen molar-refractivity contribution >= 4 is 0 Å². The van der Waals surface area contributed by atoms with E-state index >= 15 is 0 Å². The molecule has 146 valence electrons. The van der Waals surface area contributed by atoms with Crippen LogP contribution in [0.3, 0.4) is 0 Å². The first-order chi connectivity index (χ1) is 12.9. The quantitative estimate of drug-likeness (QED) is 0.253. The Bertz CT molecular complexity index is 491. The molecule has 0 amide bonds. The minimum atomic E-state index is 0.611.